The molecule has 0 atom stereocenters. The topological polar surface area (TPSA) is 37.1 Å². The molecule has 1 saturated heterocycles. The number of benzene rings is 2. The number of rotatable bonds is 5. The second-order valence-corrected chi connectivity index (χ2v) is 6.69. The molecule has 0 radical (unpaired) electrons. The highest BCUT2D eigenvalue weighted by atomic mass is 79.9. The van der Waals surface area contributed by atoms with E-state index in [2.05, 4.69) is 20.8 Å². The Hall–Kier alpha value is -1.72. The molecule has 2 aromatic rings. The Morgan fingerprint density at radius 1 is 1.04 bits per heavy atom. The minimum absolute atomic E-state index is 0.370. The summed E-state index contributed by atoms with van der Waals surface area (Å²) < 4.78 is 6.86. The molecule has 0 aromatic heterocycles. The van der Waals surface area contributed by atoms with Crippen LogP contribution in [0.25, 0.3) is 0 Å². The van der Waals surface area contributed by atoms with E-state index in [-0.39, 0.29) is 0 Å². The zero-order chi connectivity index (χ0) is 16.1. The van der Waals surface area contributed by atoms with E-state index in [1.807, 2.05) is 42.5 Å². The number of aromatic hydroxyl groups is 1. The summed E-state index contributed by atoms with van der Waals surface area (Å²) in [5, 5.41) is 9.94. The summed E-state index contributed by atoms with van der Waals surface area (Å²) >= 11 is 3.42. The molecule has 122 valence electrons. The number of hydrogen-bond donors (Lipinski definition) is 2. The molecule has 0 aliphatic carbocycles. The molecule has 2 aromatic carbocycles. The first-order chi connectivity index (χ1) is 11.2. The van der Waals surface area contributed by atoms with E-state index in [0.29, 0.717) is 5.75 Å². The molecule has 1 fully saturated rings. The van der Waals surface area contributed by atoms with Crippen molar-refractivity contribution in [1.29, 1.82) is 0 Å². The molecule has 1 heterocycles. The first kappa shape index (κ1) is 16.1. The zero-order valence-electron chi connectivity index (χ0n) is 13.0. The Labute approximate surface area is 145 Å². The minimum Gasteiger partial charge on any atom is -0.506 e. The molecule has 5 heteroatoms. The van der Waals surface area contributed by atoms with Gasteiger partial charge in [-0.25, -0.2) is 0 Å². The third kappa shape index (κ3) is 4.39. The van der Waals surface area contributed by atoms with Gasteiger partial charge >= 0.3 is 0 Å². The Balaban J connectivity index is 1.43. The van der Waals surface area contributed by atoms with Gasteiger partial charge in [0.15, 0.2) is 0 Å². The van der Waals surface area contributed by atoms with Crippen molar-refractivity contribution in [2.45, 2.75) is 0 Å². The highest BCUT2D eigenvalue weighted by molar-refractivity contribution is 9.10. The lowest BCUT2D eigenvalue weighted by molar-refractivity contribution is -0.900. The second kappa shape index (κ2) is 7.70. The predicted octanol–water partition coefficient (Wildman–Crippen LogP) is 1.94. The molecule has 0 bridgehead atoms. The second-order valence-electron chi connectivity index (χ2n) is 5.78. The van der Waals surface area contributed by atoms with Gasteiger partial charge in [-0.2, -0.15) is 0 Å². The van der Waals surface area contributed by atoms with Crippen LogP contribution in [-0.2, 0) is 0 Å². The third-order valence-electron chi connectivity index (χ3n) is 4.23. The van der Waals surface area contributed by atoms with E-state index in [4.69, 9.17) is 4.74 Å². The lowest BCUT2D eigenvalue weighted by atomic mass is 10.2. The maximum absolute atomic E-state index is 9.94. The van der Waals surface area contributed by atoms with E-state index in [1.165, 1.54) is 0 Å². The minimum atomic E-state index is 0.370. The number of phenols is 1. The maximum atomic E-state index is 9.94. The normalized spacial score (nSPS) is 15.6. The van der Waals surface area contributed by atoms with Crippen LogP contribution in [0.1, 0.15) is 0 Å². The number of quaternary nitrogens is 1. The molecule has 1 aliphatic heterocycles. The van der Waals surface area contributed by atoms with Gasteiger partial charge < -0.3 is 19.6 Å². The highest BCUT2D eigenvalue weighted by Gasteiger charge is 2.21. The first-order valence-electron chi connectivity index (χ1n) is 7.97. The number of hydrogen-bond acceptors (Lipinski definition) is 3. The van der Waals surface area contributed by atoms with Crippen LogP contribution < -0.4 is 14.5 Å². The number of piperazine rings is 1. The van der Waals surface area contributed by atoms with Gasteiger partial charge in [0, 0.05) is 4.47 Å². The van der Waals surface area contributed by atoms with Crippen LogP contribution in [0.3, 0.4) is 0 Å². The van der Waals surface area contributed by atoms with Crippen LogP contribution >= 0.6 is 15.9 Å². The molecule has 0 spiro atoms. The Kier molecular flexibility index (Phi) is 5.41. The molecular formula is C18H22BrN2O2+. The van der Waals surface area contributed by atoms with E-state index in [1.54, 1.807) is 11.0 Å². The van der Waals surface area contributed by atoms with Gasteiger partial charge in [-0.05, 0) is 36.4 Å². The van der Waals surface area contributed by atoms with E-state index < -0.39 is 0 Å². The van der Waals surface area contributed by atoms with Crippen LogP contribution in [0, 0.1) is 0 Å². The van der Waals surface area contributed by atoms with Gasteiger partial charge in [-0.1, -0.05) is 28.1 Å². The van der Waals surface area contributed by atoms with E-state index in [9.17, 15) is 5.11 Å². The lowest BCUT2D eigenvalue weighted by Crippen LogP contribution is -3.15. The van der Waals surface area contributed by atoms with E-state index >= 15 is 0 Å². The average molecular weight is 378 g/mol. The summed E-state index contributed by atoms with van der Waals surface area (Å²) in [5.41, 5.74) is 0.942. The third-order valence-corrected chi connectivity index (χ3v) is 4.76. The molecule has 3 rings (SSSR count). The van der Waals surface area contributed by atoms with Gasteiger partial charge in [-0.15, -0.1) is 0 Å². The predicted molar refractivity (Wildman–Crippen MR) is 95.5 cm³/mol. The first-order valence-corrected chi connectivity index (χ1v) is 8.76. The maximum Gasteiger partial charge on any atom is 0.138 e. The quantitative estimate of drug-likeness (QED) is 0.835. The van der Waals surface area contributed by atoms with Crippen molar-refractivity contribution in [2.75, 3.05) is 44.2 Å². The summed E-state index contributed by atoms with van der Waals surface area (Å²) in [6.07, 6.45) is 0. The van der Waals surface area contributed by atoms with Crippen molar-refractivity contribution in [1.82, 2.24) is 0 Å². The largest absolute Gasteiger partial charge is 0.506 e. The molecule has 0 amide bonds. The summed E-state index contributed by atoms with van der Waals surface area (Å²) in [6.45, 7) is 5.80. The number of ether oxygens (including phenoxy) is 1. The Morgan fingerprint density at radius 3 is 2.43 bits per heavy atom. The van der Waals surface area contributed by atoms with Gasteiger partial charge in [0.05, 0.1) is 31.9 Å². The van der Waals surface area contributed by atoms with Crippen molar-refractivity contribution < 1.29 is 14.7 Å². The van der Waals surface area contributed by atoms with Crippen molar-refractivity contribution >= 4 is 21.6 Å². The number of nitrogens with zero attached hydrogens (tertiary/aromatic N) is 1. The van der Waals surface area contributed by atoms with Crippen molar-refractivity contribution in [3.63, 3.8) is 0 Å². The van der Waals surface area contributed by atoms with Gasteiger partial charge in [0.25, 0.3) is 0 Å². The summed E-state index contributed by atoms with van der Waals surface area (Å²) in [7, 11) is 0. The number of halogens is 1. The average Bonchev–Trinajstić information content (AvgIpc) is 2.58. The van der Waals surface area contributed by atoms with Crippen LogP contribution in [-0.4, -0.2) is 44.4 Å². The van der Waals surface area contributed by atoms with Crippen molar-refractivity contribution in [3.05, 3.63) is 53.0 Å². The Morgan fingerprint density at radius 2 is 1.74 bits per heavy atom. The standard InChI is InChI=1S/C18H21BrN2O2/c19-15-5-7-16(8-6-15)23-14-13-20-9-11-21(12-10-20)17-3-1-2-4-18(17)22/h1-8,22H,9-14H2/p+1. The zero-order valence-corrected chi connectivity index (χ0v) is 14.6. The van der Waals surface area contributed by atoms with Gasteiger partial charge in [-0.3, -0.25) is 0 Å². The number of para-hydroxylation sites is 2. The molecule has 0 unspecified atom stereocenters. The van der Waals surface area contributed by atoms with Crippen molar-refractivity contribution in [2.24, 2.45) is 0 Å². The SMILES string of the molecule is Oc1ccccc1N1CC[NH+](CCOc2ccc(Br)cc2)CC1. The smallest absolute Gasteiger partial charge is 0.138 e. The molecule has 23 heavy (non-hydrogen) atoms. The summed E-state index contributed by atoms with van der Waals surface area (Å²) in [5.74, 6) is 1.29. The van der Waals surface area contributed by atoms with Crippen LogP contribution in [0.5, 0.6) is 11.5 Å². The fourth-order valence-electron chi connectivity index (χ4n) is 2.89. The highest BCUT2D eigenvalue weighted by Crippen LogP contribution is 2.25. The number of nitrogens with one attached hydrogen (secondary N) is 1. The fourth-order valence-corrected chi connectivity index (χ4v) is 3.15. The van der Waals surface area contributed by atoms with Gasteiger partial charge in [0.1, 0.15) is 24.7 Å². The van der Waals surface area contributed by atoms with Crippen molar-refractivity contribution in [3.8, 4) is 11.5 Å². The molecule has 1 aliphatic rings. The molecule has 4 nitrogen and oxygen atoms in total. The van der Waals surface area contributed by atoms with Crippen LogP contribution in [0.15, 0.2) is 53.0 Å². The summed E-state index contributed by atoms with van der Waals surface area (Å²) in [6, 6.07) is 15.5. The monoisotopic (exact) mass is 377 g/mol. The molecule has 0 saturated carbocycles. The fraction of sp³-hybridized carbons (Fsp3) is 0.333. The Bertz CT molecular complexity index is 625. The van der Waals surface area contributed by atoms with E-state index in [0.717, 1.165) is 55.2 Å². The number of phenolic OH excluding ortho intramolecular Hbond substituents is 1. The van der Waals surface area contributed by atoms with Crippen LogP contribution in [0.4, 0.5) is 5.69 Å². The van der Waals surface area contributed by atoms with Gasteiger partial charge in [0.2, 0.25) is 0 Å². The molecule has 2 N–H and O–H groups in total. The summed E-state index contributed by atoms with van der Waals surface area (Å²) in [4.78, 5) is 3.81. The number of anilines is 1. The lowest BCUT2D eigenvalue weighted by Gasteiger charge is -2.33. The molecular weight excluding hydrogens is 356 g/mol. The van der Waals surface area contributed by atoms with Crippen LogP contribution in [0.2, 0.25) is 0 Å².